The lowest BCUT2D eigenvalue weighted by Crippen LogP contribution is -2.34. The molecule has 0 radical (unpaired) electrons. The third-order valence-corrected chi connectivity index (χ3v) is 3.72. The molecule has 0 aromatic heterocycles. The second kappa shape index (κ2) is 9.06. The third kappa shape index (κ3) is 4.72. The summed E-state index contributed by atoms with van der Waals surface area (Å²) in [7, 11) is 0. The van der Waals surface area contributed by atoms with Crippen molar-refractivity contribution in [2.45, 2.75) is 19.0 Å². The fourth-order valence-corrected chi connectivity index (χ4v) is 2.73. The molecule has 2 nitrogen and oxygen atoms in total. The highest BCUT2D eigenvalue weighted by Gasteiger charge is 2.16. The average Bonchev–Trinajstić information content (AvgIpc) is 2.45. The number of hydrogen-bond acceptors (Lipinski definition) is 2. The molecule has 1 atom stereocenters. The van der Waals surface area contributed by atoms with Crippen LogP contribution in [-0.2, 0) is 13.0 Å². The zero-order chi connectivity index (χ0) is 12.9. The van der Waals surface area contributed by atoms with Crippen molar-refractivity contribution in [2.24, 2.45) is 0 Å². The lowest BCUT2D eigenvalue weighted by atomic mass is 9.94. The molecule has 1 heterocycles. The fourth-order valence-electron chi connectivity index (χ4n) is 2.73. The van der Waals surface area contributed by atoms with Gasteiger partial charge in [-0.2, -0.15) is 0 Å². The molecule has 0 amide bonds. The van der Waals surface area contributed by atoms with Gasteiger partial charge in [-0.3, -0.25) is 0 Å². The van der Waals surface area contributed by atoms with Crippen LogP contribution in [-0.4, -0.2) is 13.1 Å². The van der Waals surface area contributed by atoms with Crippen molar-refractivity contribution in [1.29, 1.82) is 0 Å². The maximum Gasteiger partial charge on any atom is 0.0364 e. The monoisotopic (exact) mass is 324 g/mol. The van der Waals surface area contributed by atoms with Gasteiger partial charge in [0.1, 0.15) is 0 Å². The van der Waals surface area contributed by atoms with Gasteiger partial charge >= 0.3 is 0 Å². The van der Waals surface area contributed by atoms with Gasteiger partial charge in [0.05, 0.1) is 0 Å². The minimum atomic E-state index is 0. The van der Waals surface area contributed by atoms with Gasteiger partial charge in [-0.25, -0.2) is 0 Å². The topological polar surface area (TPSA) is 24.1 Å². The van der Waals surface area contributed by atoms with E-state index in [1.165, 1.54) is 16.7 Å². The van der Waals surface area contributed by atoms with Gasteiger partial charge in [0.2, 0.25) is 0 Å². The molecular weight excluding hydrogens is 303 g/mol. The Morgan fingerprint density at radius 2 is 1.57 bits per heavy atom. The highest BCUT2D eigenvalue weighted by atomic mass is 35.5. The zero-order valence-electron chi connectivity index (χ0n) is 11.9. The summed E-state index contributed by atoms with van der Waals surface area (Å²) in [5.74, 6) is 0. The van der Waals surface area contributed by atoms with Crippen molar-refractivity contribution in [3.05, 3.63) is 71.3 Å². The fraction of sp³-hybridized carbons (Fsp3) is 0.294. The number of rotatable bonds is 2. The van der Waals surface area contributed by atoms with E-state index in [1.54, 1.807) is 0 Å². The van der Waals surface area contributed by atoms with Gasteiger partial charge in [0, 0.05) is 25.7 Å². The van der Waals surface area contributed by atoms with Crippen LogP contribution in [0.4, 0.5) is 0 Å². The van der Waals surface area contributed by atoms with E-state index in [0.717, 1.165) is 26.1 Å². The first-order chi connectivity index (χ1) is 9.43. The van der Waals surface area contributed by atoms with Crippen LogP contribution in [0.2, 0.25) is 0 Å². The van der Waals surface area contributed by atoms with Gasteiger partial charge < -0.3 is 10.6 Å². The van der Waals surface area contributed by atoms with E-state index in [2.05, 4.69) is 65.2 Å². The summed E-state index contributed by atoms with van der Waals surface area (Å²) in [5.41, 5.74) is 4.23. The van der Waals surface area contributed by atoms with Gasteiger partial charge in [-0.05, 0) is 23.1 Å². The van der Waals surface area contributed by atoms with E-state index in [1.807, 2.05) is 0 Å². The highest BCUT2D eigenvalue weighted by Crippen LogP contribution is 2.23. The van der Waals surface area contributed by atoms with Gasteiger partial charge in [0.25, 0.3) is 0 Å². The second-order valence-corrected chi connectivity index (χ2v) is 5.07. The Bertz CT molecular complexity index is 531. The molecule has 0 bridgehead atoms. The Morgan fingerprint density at radius 3 is 2.38 bits per heavy atom. The summed E-state index contributed by atoms with van der Waals surface area (Å²) in [6.07, 6.45) is 1.05. The molecule has 0 saturated carbocycles. The van der Waals surface area contributed by atoms with Gasteiger partial charge in [0.15, 0.2) is 0 Å². The maximum atomic E-state index is 3.66. The molecule has 1 unspecified atom stereocenters. The normalized spacial score (nSPS) is 17.4. The average molecular weight is 325 g/mol. The molecule has 2 N–H and O–H groups in total. The van der Waals surface area contributed by atoms with E-state index in [4.69, 9.17) is 0 Å². The third-order valence-electron chi connectivity index (χ3n) is 3.72. The molecule has 3 rings (SSSR count). The minimum absolute atomic E-state index is 0. The van der Waals surface area contributed by atoms with E-state index >= 15 is 0 Å². The van der Waals surface area contributed by atoms with E-state index in [-0.39, 0.29) is 24.8 Å². The molecule has 0 aliphatic carbocycles. The first-order valence-corrected chi connectivity index (χ1v) is 6.99. The van der Waals surface area contributed by atoms with Crippen LogP contribution < -0.4 is 10.6 Å². The van der Waals surface area contributed by atoms with E-state index in [9.17, 15) is 0 Å². The van der Waals surface area contributed by atoms with Crippen molar-refractivity contribution in [2.75, 3.05) is 13.1 Å². The Labute approximate surface area is 139 Å². The standard InChI is InChI=1S/C17H20N2.2ClH/c1-2-6-14(7-3-1)12-17-16-9-5-4-8-15(16)13-18-10-11-19-17;;/h1-9,17-19H,10-13H2;2*1H. The Morgan fingerprint density at radius 1 is 0.857 bits per heavy atom. The smallest absolute Gasteiger partial charge is 0.0364 e. The van der Waals surface area contributed by atoms with Crippen molar-refractivity contribution in [1.82, 2.24) is 10.6 Å². The van der Waals surface area contributed by atoms with Crippen molar-refractivity contribution in [3.8, 4) is 0 Å². The van der Waals surface area contributed by atoms with Gasteiger partial charge in [-0.15, -0.1) is 24.8 Å². The van der Waals surface area contributed by atoms with Crippen LogP contribution in [0.3, 0.4) is 0 Å². The Hall–Kier alpha value is -1.06. The zero-order valence-corrected chi connectivity index (χ0v) is 13.6. The van der Waals surface area contributed by atoms with Crippen LogP contribution in [0.1, 0.15) is 22.7 Å². The molecule has 2 aromatic carbocycles. The molecule has 0 saturated heterocycles. The van der Waals surface area contributed by atoms with Crippen LogP contribution in [0, 0.1) is 0 Å². The second-order valence-electron chi connectivity index (χ2n) is 5.07. The summed E-state index contributed by atoms with van der Waals surface area (Å²) >= 11 is 0. The number of hydrogen-bond donors (Lipinski definition) is 2. The lowest BCUT2D eigenvalue weighted by Gasteiger charge is -2.25. The van der Waals surface area contributed by atoms with Crippen molar-refractivity contribution >= 4 is 24.8 Å². The van der Waals surface area contributed by atoms with Crippen LogP contribution in [0.5, 0.6) is 0 Å². The first kappa shape index (κ1) is 18.0. The van der Waals surface area contributed by atoms with Crippen LogP contribution in [0.25, 0.3) is 0 Å². The number of benzene rings is 2. The Kier molecular flexibility index (Phi) is 7.76. The van der Waals surface area contributed by atoms with Crippen molar-refractivity contribution < 1.29 is 0 Å². The molecule has 0 spiro atoms. The summed E-state index contributed by atoms with van der Waals surface area (Å²) < 4.78 is 0. The molecule has 1 aliphatic heterocycles. The largest absolute Gasteiger partial charge is 0.311 e. The molecule has 21 heavy (non-hydrogen) atoms. The number of halogens is 2. The molecule has 1 aliphatic rings. The summed E-state index contributed by atoms with van der Waals surface area (Å²) in [6, 6.07) is 19.9. The van der Waals surface area contributed by atoms with Gasteiger partial charge in [-0.1, -0.05) is 54.6 Å². The van der Waals surface area contributed by atoms with E-state index in [0.29, 0.717) is 6.04 Å². The number of fused-ring (bicyclic) bond motifs is 1. The van der Waals surface area contributed by atoms with Crippen LogP contribution in [0.15, 0.2) is 54.6 Å². The first-order valence-electron chi connectivity index (χ1n) is 6.99. The number of nitrogens with one attached hydrogen (secondary N) is 2. The minimum Gasteiger partial charge on any atom is -0.311 e. The SMILES string of the molecule is Cl.Cl.c1ccc(CC2NCCNCc3ccccc32)cc1. The predicted molar refractivity (Wildman–Crippen MR) is 93.5 cm³/mol. The molecule has 114 valence electrons. The quantitative estimate of drug-likeness (QED) is 0.883. The summed E-state index contributed by atoms with van der Waals surface area (Å²) in [5, 5.41) is 7.13. The van der Waals surface area contributed by atoms with E-state index < -0.39 is 0 Å². The summed E-state index contributed by atoms with van der Waals surface area (Å²) in [4.78, 5) is 0. The molecule has 4 heteroatoms. The predicted octanol–water partition coefficient (Wildman–Crippen LogP) is 3.51. The summed E-state index contributed by atoms with van der Waals surface area (Å²) in [6.45, 7) is 3.02. The molecule has 0 fully saturated rings. The van der Waals surface area contributed by atoms with Crippen LogP contribution >= 0.6 is 24.8 Å². The van der Waals surface area contributed by atoms with Crippen molar-refractivity contribution in [3.63, 3.8) is 0 Å². The highest BCUT2D eigenvalue weighted by molar-refractivity contribution is 5.85. The molecule has 2 aromatic rings. The lowest BCUT2D eigenvalue weighted by molar-refractivity contribution is 0.490. The Balaban J connectivity index is 0.00000110. The maximum absolute atomic E-state index is 3.66. The molecular formula is C17H22Cl2N2.